The second-order valence-electron chi connectivity index (χ2n) is 5.69. The first-order valence-electron chi connectivity index (χ1n) is 7.41. The predicted molar refractivity (Wildman–Crippen MR) is 76.0 cm³/mol. The van der Waals surface area contributed by atoms with Crippen LogP contribution in [-0.2, 0) is 12.0 Å². The van der Waals surface area contributed by atoms with Crippen molar-refractivity contribution in [2.75, 3.05) is 19.8 Å². The van der Waals surface area contributed by atoms with Gasteiger partial charge in [-0.3, -0.25) is 0 Å². The molecule has 3 nitrogen and oxygen atoms in total. The van der Waals surface area contributed by atoms with Crippen molar-refractivity contribution in [2.24, 2.45) is 0 Å². The van der Waals surface area contributed by atoms with Gasteiger partial charge in [0.2, 0.25) is 0 Å². The van der Waals surface area contributed by atoms with Crippen LogP contribution in [0.1, 0.15) is 44.2 Å². The number of fused-ring (bicyclic) bond motifs is 1. The molecule has 1 N–H and O–H groups in total. The quantitative estimate of drug-likeness (QED) is 0.887. The maximum atomic E-state index is 5.96. The Morgan fingerprint density at radius 3 is 2.79 bits per heavy atom. The molecule has 1 saturated heterocycles. The van der Waals surface area contributed by atoms with Crippen molar-refractivity contribution in [3.63, 3.8) is 0 Å². The Morgan fingerprint density at radius 1 is 1.21 bits per heavy atom. The van der Waals surface area contributed by atoms with E-state index in [9.17, 15) is 0 Å². The fourth-order valence-electron chi connectivity index (χ4n) is 3.29. The van der Waals surface area contributed by atoms with Crippen molar-refractivity contribution in [1.29, 1.82) is 0 Å². The second-order valence-corrected chi connectivity index (χ2v) is 5.69. The normalized spacial score (nSPS) is 26.2. The number of hydrogen-bond acceptors (Lipinski definition) is 3. The lowest BCUT2D eigenvalue weighted by atomic mass is 9.85. The largest absolute Gasteiger partial charge is 0.490 e. The zero-order valence-corrected chi connectivity index (χ0v) is 11.9. The lowest BCUT2D eigenvalue weighted by molar-refractivity contribution is 0.296. The molecule has 2 aliphatic rings. The van der Waals surface area contributed by atoms with Crippen LogP contribution in [-0.4, -0.2) is 19.8 Å². The summed E-state index contributed by atoms with van der Waals surface area (Å²) in [5.74, 6) is 1.90. The number of ether oxygens (including phenoxy) is 2. The molecule has 3 heteroatoms. The zero-order valence-electron chi connectivity index (χ0n) is 11.9. The molecule has 0 radical (unpaired) electrons. The van der Waals surface area contributed by atoms with E-state index in [0.717, 1.165) is 44.1 Å². The maximum Gasteiger partial charge on any atom is 0.164 e. The summed E-state index contributed by atoms with van der Waals surface area (Å²) in [6.07, 6.45) is 4.38. The van der Waals surface area contributed by atoms with Crippen molar-refractivity contribution in [2.45, 2.75) is 45.1 Å². The average Bonchev–Trinajstić information content (AvgIpc) is 2.73. The van der Waals surface area contributed by atoms with Gasteiger partial charge in [0.25, 0.3) is 0 Å². The minimum Gasteiger partial charge on any atom is -0.490 e. The summed E-state index contributed by atoms with van der Waals surface area (Å²) in [5, 5.41) is 3.65. The van der Waals surface area contributed by atoms with Crippen molar-refractivity contribution in [3.05, 3.63) is 23.3 Å². The summed E-state index contributed by atoms with van der Waals surface area (Å²) in [4.78, 5) is 0. The summed E-state index contributed by atoms with van der Waals surface area (Å²) in [5.41, 5.74) is 2.80. The van der Waals surface area contributed by atoms with E-state index in [4.69, 9.17) is 9.47 Å². The van der Waals surface area contributed by atoms with Crippen molar-refractivity contribution < 1.29 is 9.47 Å². The van der Waals surface area contributed by atoms with Gasteiger partial charge >= 0.3 is 0 Å². The molecular formula is C16H23NO2. The van der Waals surface area contributed by atoms with Crippen LogP contribution in [0.25, 0.3) is 0 Å². The monoisotopic (exact) mass is 261 g/mol. The van der Waals surface area contributed by atoms with Gasteiger partial charge in [0.1, 0.15) is 0 Å². The van der Waals surface area contributed by atoms with E-state index in [2.05, 4.69) is 31.3 Å². The Morgan fingerprint density at radius 2 is 2.05 bits per heavy atom. The maximum absolute atomic E-state index is 5.96. The lowest BCUT2D eigenvalue weighted by Gasteiger charge is -2.29. The molecule has 0 saturated carbocycles. The first-order chi connectivity index (χ1) is 9.24. The second kappa shape index (κ2) is 5.04. The van der Waals surface area contributed by atoms with Gasteiger partial charge in [-0.1, -0.05) is 13.0 Å². The van der Waals surface area contributed by atoms with E-state index in [1.54, 1.807) is 0 Å². The third-order valence-electron chi connectivity index (χ3n) is 4.33. The highest BCUT2D eigenvalue weighted by atomic mass is 16.5. The van der Waals surface area contributed by atoms with Crippen LogP contribution in [0.2, 0.25) is 0 Å². The molecular weight excluding hydrogens is 238 g/mol. The molecule has 0 spiro atoms. The average molecular weight is 261 g/mol. The Bertz CT molecular complexity index is 464. The van der Waals surface area contributed by atoms with Crippen LogP contribution >= 0.6 is 0 Å². The molecule has 0 amide bonds. The summed E-state index contributed by atoms with van der Waals surface area (Å²) in [6, 6.07) is 4.31. The van der Waals surface area contributed by atoms with E-state index < -0.39 is 0 Å². The highest BCUT2D eigenvalue weighted by Crippen LogP contribution is 2.42. The molecule has 2 heterocycles. The van der Waals surface area contributed by atoms with Gasteiger partial charge in [0.15, 0.2) is 11.5 Å². The van der Waals surface area contributed by atoms with E-state index in [1.807, 2.05) is 0 Å². The van der Waals surface area contributed by atoms with Gasteiger partial charge < -0.3 is 14.8 Å². The van der Waals surface area contributed by atoms with Crippen LogP contribution < -0.4 is 14.8 Å². The highest BCUT2D eigenvalue weighted by Gasteiger charge is 2.33. The molecule has 104 valence electrons. The SMILES string of the molecule is CCc1c(C2(C)CCCN2)ccc2c1OCCCO2. The van der Waals surface area contributed by atoms with Gasteiger partial charge in [-0.15, -0.1) is 0 Å². The van der Waals surface area contributed by atoms with Crippen LogP contribution in [0.4, 0.5) is 0 Å². The van der Waals surface area contributed by atoms with Crippen LogP contribution in [0.3, 0.4) is 0 Å². The van der Waals surface area contributed by atoms with Gasteiger partial charge in [0, 0.05) is 17.5 Å². The Kier molecular flexibility index (Phi) is 3.40. The van der Waals surface area contributed by atoms with Gasteiger partial charge in [-0.2, -0.15) is 0 Å². The van der Waals surface area contributed by atoms with E-state index in [0.29, 0.717) is 0 Å². The van der Waals surface area contributed by atoms with Crippen LogP contribution in [0, 0.1) is 0 Å². The summed E-state index contributed by atoms with van der Waals surface area (Å²) in [7, 11) is 0. The number of rotatable bonds is 2. The van der Waals surface area contributed by atoms with E-state index in [1.165, 1.54) is 24.0 Å². The minimum atomic E-state index is 0.0933. The molecule has 0 aliphatic carbocycles. The van der Waals surface area contributed by atoms with Crippen molar-refractivity contribution >= 4 is 0 Å². The predicted octanol–water partition coefficient (Wildman–Crippen LogP) is 3.01. The van der Waals surface area contributed by atoms with E-state index in [-0.39, 0.29) is 5.54 Å². The highest BCUT2D eigenvalue weighted by molar-refractivity contribution is 5.53. The number of nitrogens with one attached hydrogen (secondary N) is 1. The first kappa shape index (κ1) is 12.8. The fourth-order valence-corrected chi connectivity index (χ4v) is 3.29. The fraction of sp³-hybridized carbons (Fsp3) is 0.625. The molecule has 2 aliphatic heterocycles. The Labute approximate surface area is 115 Å². The smallest absolute Gasteiger partial charge is 0.164 e. The number of benzene rings is 1. The summed E-state index contributed by atoms with van der Waals surface area (Å²) < 4.78 is 11.8. The molecule has 1 aromatic rings. The molecule has 1 fully saturated rings. The van der Waals surface area contributed by atoms with Crippen LogP contribution in [0.15, 0.2) is 12.1 Å². The topological polar surface area (TPSA) is 30.5 Å². The molecule has 1 unspecified atom stereocenters. The molecule has 19 heavy (non-hydrogen) atoms. The molecule has 0 bridgehead atoms. The first-order valence-corrected chi connectivity index (χ1v) is 7.41. The van der Waals surface area contributed by atoms with Gasteiger partial charge in [-0.25, -0.2) is 0 Å². The molecule has 1 aromatic carbocycles. The third kappa shape index (κ3) is 2.20. The van der Waals surface area contributed by atoms with Gasteiger partial charge in [-0.05, 0) is 44.4 Å². The minimum absolute atomic E-state index is 0.0933. The molecule has 1 atom stereocenters. The Hall–Kier alpha value is -1.22. The van der Waals surface area contributed by atoms with E-state index >= 15 is 0 Å². The lowest BCUT2D eigenvalue weighted by Crippen LogP contribution is -2.34. The molecule has 0 aromatic heterocycles. The molecule has 3 rings (SSSR count). The Balaban J connectivity index is 2.08. The summed E-state index contributed by atoms with van der Waals surface area (Å²) in [6.45, 7) is 7.12. The number of hydrogen-bond donors (Lipinski definition) is 1. The van der Waals surface area contributed by atoms with Crippen molar-refractivity contribution in [3.8, 4) is 11.5 Å². The van der Waals surface area contributed by atoms with Crippen molar-refractivity contribution in [1.82, 2.24) is 5.32 Å². The zero-order chi connectivity index (χ0) is 13.3. The van der Waals surface area contributed by atoms with Crippen LogP contribution in [0.5, 0.6) is 11.5 Å². The standard InChI is InChI=1S/C16H23NO2/c1-3-12-13(16(2)8-4-9-17-16)6-7-14-15(12)19-11-5-10-18-14/h6-7,17H,3-5,8-11H2,1-2H3. The third-order valence-corrected chi connectivity index (χ3v) is 4.33. The summed E-state index contributed by atoms with van der Waals surface area (Å²) >= 11 is 0. The van der Waals surface area contributed by atoms with Gasteiger partial charge in [0.05, 0.1) is 13.2 Å².